The number of nitrogens with one attached hydrogen (secondary N) is 1. The Hall–Kier alpha value is -1.47. The fourth-order valence-electron chi connectivity index (χ4n) is 2.09. The van der Waals surface area contributed by atoms with Crippen LogP contribution < -0.4 is 5.32 Å². The Kier molecular flexibility index (Phi) is 4.63. The van der Waals surface area contributed by atoms with Crippen molar-refractivity contribution >= 4 is 15.9 Å². The van der Waals surface area contributed by atoms with Gasteiger partial charge < -0.3 is 5.32 Å². The summed E-state index contributed by atoms with van der Waals surface area (Å²) in [6.45, 7) is 0. The number of aromatic nitrogens is 1. The molecule has 1 aromatic heterocycles. The van der Waals surface area contributed by atoms with Crippen LogP contribution in [0, 0.1) is 5.82 Å². The van der Waals surface area contributed by atoms with Gasteiger partial charge in [-0.15, -0.1) is 0 Å². The second kappa shape index (κ2) is 6.11. The number of hydrogen-bond acceptors (Lipinski definition) is 2. The van der Waals surface area contributed by atoms with Gasteiger partial charge in [0.2, 0.25) is 0 Å². The van der Waals surface area contributed by atoms with E-state index in [0.717, 1.165) is 18.5 Å². The lowest BCUT2D eigenvalue weighted by atomic mass is 9.96. The van der Waals surface area contributed by atoms with Gasteiger partial charge >= 0.3 is 6.18 Å². The van der Waals surface area contributed by atoms with Crippen LogP contribution in [0.15, 0.2) is 41.1 Å². The molecule has 0 radical (unpaired) electrons. The molecule has 1 aromatic carbocycles. The number of nitrogens with zero attached hydrogens (tertiary/aromatic N) is 1. The average molecular weight is 363 g/mol. The van der Waals surface area contributed by atoms with Gasteiger partial charge in [-0.25, -0.2) is 4.39 Å². The molecule has 0 aliphatic heterocycles. The minimum Gasteiger partial charge on any atom is -0.309 e. The van der Waals surface area contributed by atoms with E-state index in [1.54, 1.807) is 6.07 Å². The Morgan fingerprint density at radius 1 is 1.24 bits per heavy atom. The van der Waals surface area contributed by atoms with Crippen molar-refractivity contribution in [1.82, 2.24) is 10.3 Å². The molecule has 1 heterocycles. The molecule has 112 valence electrons. The Balaban J connectivity index is 2.54. The second-order valence-corrected chi connectivity index (χ2v) is 5.21. The van der Waals surface area contributed by atoms with Gasteiger partial charge in [-0.3, -0.25) is 4.98 Å². The van der Waals surface area contributed by atoms with Crippen molar-refractivity contribution in [3.05, 3.63) is 63.6 Å². The summed E-state index contributed by atoms with van der Waals surface area (Å²) in [5.41, 5.74) is -0.453. The third kappa shape index (κ3) is 3.41. The molecule has 2 rings (SSSR count). The van der Waals surface area contributed by atoms with Crippen LogP contribution in [-0.2, 0) is 6.18 Å². The topological polar surface area (TPSA) is 24.9 Å². The molecule has 21 heavy (non-hydrogen) atoms. The lowest BCUT2D eigenvalue weighted by Gasteiger charge is -2.21. The Labute approximate surface area is 127 Å². The van der Waals surface area contributed by atoms with Crippen molar-refractivity contribution < 1.29 is 17.6 Å². The van der Waals surface area contributed by atoms with Gasteiger partial charge in [0.25, 0.3) is 0 Å². The molecule has 0 fully saturated rings. The first-order valence-corrected chi connectivity index (χ1v) is 6.77. The van der Waals surface area contributed by atoms with Crippen molar-refractivity contribution in [2.75, 3.05) is 7.05 Å². The predicted octanol–water partition coefficient (Wildman–Crippen LogP) is 4.31. The average Bonchev–Trinajstić information content (AvgIpc) is 2.43. The first kappa shape index (κ1) is 15.9. The smallest absolute Gasteiger partial charge is 0.309 e. The predicted molar refractivity (Wildman–Crippen MR) is 74.2 cm³/mol. The maximum atomic E-state index is 13.6. The first-order valence-electron chi connectivity index (χ1n) is 5.98. The van der Waals surface area contributed by atoms with Gasteiger partial charge in [-0.05, 0) is 46.7 Å². The largest absolute Gasteiger partial charge is 0.416 e. The van der Waals surface area contributed by atoms with Gasteiger partial charge in [0.1, 0.15) is 5.82 Å². The lowest BCUT2D eigenvalue weighted by molar-refractivity contribution is -0.138. The maximum Gasteiger partial charge on any atom is 0.416 e. The Morgan fingerprint density at radius 2 is 1.95 bits per heavy atom. The summed E-state index contributed by atoms with van der Waals surface area (Å²) in [4.78, 5) is 3.75. The number of alkyl halides is 3. The van der Waals surface area contributed by atoms with Crippen LogP contribution in [-0.4, -0.2) is 12.0 Å². The molecule has 1 N–H and O–H groups in total. The van der Waals surface area contributed by atoms with Gasteiger partial charge in [-0.2, -0.15) is 13.2 Å². The van der Waals surface area contributed by atoms with Crippen molar-refractivity contribution in [1.29, 1.82) is 0 Å². The zero-order chi connectivity index (χ0) is 15.6. The first-order chi connectivity index (χ1) is 9.84. The summed E-state index contributed by atoms with van der Waals surface area (Å²) in [6, 6.07) is 4.31. The summed E-state index contributed by atoms with van der Waals surface area (Å²) < 4.78 is 53.1. The molecule has 2 nitrogen and oxygen atoms in total. The van der Waals surface area contributed by atoms with Crippen LogP contribution >= 0.6 is 15.9 Å². The third-order valence-electron chi connectivity index (χ3n) is 3.03. The normalized spacial score (nSPS) is 13.2. The lowest BCUT2D eigenvalue weighted by Crippen LogP contribution is -2.22. The number of halogens is 5. The van der Waals surface area contributed by atoms with Gasteiger partial charge in [-0.1, -0.05) is 6.07 Å². The van der Waals surface area contributed by atoms with E-state index in [2.05, 4.69) is 26.2 Å². The minimum atomic E-state index is -4.50. The highest BCUT2D eigenvalue weighted by Gasteiger charge is 2.35. The molecule has 2 aromatic rings. The summed E-state index contributed by atoms with van der Waals surface area (Å²) >= 11 is 3.02. The van der Waals surface area contributed by atoms with E-state index in [9.17, 15) is 17.6 Å². The van der Waals surface area contributed by atoms with Crippen molar-refractivity contribution in [3.8, 4) is 0 Å². The quantitative estimate of drug-likeness (QED) is 0.823. The molecule has 0 saturated carbocycles. The van der Waals surface area contributed by atoms with E-state index in [0.29, 0.717) is 5.56 Å². The van der Waals surface area contributed by atoms with Gasteiger partial charge in [0.05, 0.1) is 16.1 Å². The highest BCUT2D eigenvalue weighted by atomic mass is 79.9. The van der Waals surface area contributed by atoms with Crippen LogP contribution in [0.2, 0.25) is 0 Å². The molecule has 0 aliphatic rings. The van der Waals surface area contributed by atoms with E-state index in [1.807, 2.05) is 0 Å². The van der Waals surface area contributed by atoms with Crippen LogP contribution in [0.4, 0.5) is 17.6 Å². The summed E-state index contributed by atoms with van der Waals surface area (Å²) in [7, 11) is 1.51. The molecule has 1 atom stereocenters. The molecular formula is C14H11BrF4N2. The fourth-order valence-corrected chi connectivity index (χ4v) is 2.34. The van der Waals surface area contributed by atoms with Crippen LogP contribution in [0.5, 0.6) is 0 Å². The molecule has 0 aliphatic carbocycles. The van der Waals surface area contributed by atoms with Crippen LogP contribution in [0.25, 0.3) is 0 Å². The minimum absolute atomic E-state index is 0.0470. The Morgan fingerprint density at radius 3 is 2.52 bits per heavy atom. The summed E-state index contributed by atoms with van der Waals surface area (Å²) in [6.07, 6.45) is -2.27. The van der Waals surface area contributed by atoms with Crippen molar-refractivity contribution in [2.45, 2.75) is 12.2 Å². The standard InChI is InChI=1S/C14H11BrF4N2/c1-20-13(8-2-3-11(15)12(16)6-8)9-7-21-5-4-10(9)14(17,18)19/h2-7,13,20H,1H3. The third-order valence-corrected chi connectivity index (χ3v) is 3.68. The summed E-state index contributed by atoms with van der Waals surface area (Å²) in [5, 5.41) is 2.77. The molecule has 0 spiro atoms. The molecule has 0 amide bonds. The van der Waals surface area contributed by atoms with Gasteiger partial charge in [0.15, 0.2) is 0 Å². The number of benzene rings is 1. The van der Waals surface area contributed by atoms with E-state index < -0.39 is 23.6 Å². The monoisotopic (exact) mass is 362 g/mol. The fraction of sp³-hybridized carbons (Fsp3) is 0.214. The highest BCUT2D eigenvalue weighted by molar-refractivity contribution is 9.10. The molecule has 1 unspecified atom stereocenters. The molecule has 7 heteroatoms. The number of hydrogen-bond donors (Lipinski definition) is 1. The zero-order valence-corrected chi connectivity index (χ0v) is 12.5. The van der Waals surface area contributed by atoms with E-state index in [4.69, 9.17) is 0 Å². The molecule has 0 bridgehead atoms. The van der Waals surface area contributed by atoms with E-state index in [-0.39, 0.29) is 10.0 Å². The highest BCUT2D eigenvalue weighted by Crippen LogP contribution is 2.36. The molecule has 0 saturated heterocycles. The van der Waals surface area contributed by atoms with Crippen LogP contribution in [0.1, 0.15) is 22.7 Å². The Bertz CT molecular complexity index is 643. The number of pyridine rings is 1. The molecular weight excluding hydrogens is 352 g/mol. The van der Waals surface area contributed by atoms with Crippen molar-refractivity contribution in [3.63, 3.8) is 0 Å². The van der Waals surface area contributed by atoms with Gasteiger partial charge in [0, 0.05) is 18.0 Å². The number of rotatable bonds is 3. The maximum absolute atomic E-state index is 13.6. The van der Waals surface area contributed by atoms with E-state index in [1.165, 1.54) is 19.2 Å². The van der Waals surface area contributed by atoms with Crippen LogP contribution in [0.3, 0.4) is 0 Å². The SMILES string of the molecule is CNC(c1ccc(Br)c(F)c1)c1cnccc1C(F)(F)F. The van der Waals surface area contributed by atoms with E-state index >= 15 is 0 Å². The summed E-state index contributed by atoms with van der Waals surface area (Å²) in [5.74, 6) is -0.537. The zero-order valence-electron chi connectivity index (χ0n) is 10.9. The van der Waals surface area contributed by atoms with Crippen molar-refractivity contribution in [2.24, 2.45) is 0 Å². The second-order valence-electron chi connectivity index (χ2n) is 4.36.